The van der Waals surface area contributed by atoms with E-state index in [0.717, 1.165) is 46.6 Å². The molecule has 2 aliphatic rings. The van der Waals surface area contributed by atoms with Crippen molar-refractivity contribution in [2.45, 2.75) is 12.8 Å². The quantitative estimate of drug-likeness (QED) is 0.867. The average molecular weight is 279 g/mol. The number of rotatable bonds is 1. The Kier molecular flexibility index (Phi) is 2.20. The predicted octanol–water partition coefficient (Wildman–Crippen LogP) is 2.45. The van der Waals surface area contributed by atoms with E-state index in [0.29, 0.717) is 18.2 Å². The fourth-order valence-electron chi connectivity index (χ4n) is 2.77. The van der Waals surface area contributed by atoms with E-state index in [4.69, 9.17) is 31.3 Å². The number of anilines is 1. The van der Waals surface area contributed by atoms with Crippen LogP contribution in [0.1, 0.15) is 11.1 Å². The molecule has 2 aromatic rings. The molecule has 0 radical (unpaired) electrons. The fraction of sp³-hybridized carbons (Fsp3) is 0.308. The molecular weight excluding hydrogens is 268 g/mol. The number of benzene rings is 1. The van der Waals surface area contributed by atoms with Gasteiger partial charge < -0.3 is 19.7 Å². The van der Waals surface area contributed by atoms with Gasteiger partial charge in [0, 0.05) is 29.5 Å². The zero-order valence-corrected chi connectivity index (χ0v) is 10.8. The van der Waals surface area contributed by atoms with Crippen LogP contribution in [0.4, 0.5) is 5.88 Å². The van der Waals surface area contributed by atoms with Gasteiger partial charge in [-0.15, -0.1) is 0 Å². The third kappa shape index (κ3) is 1.39. The van der Waals surface area contributed by atoms with Gasteiger partial charge in [-0.25, -0.2) is 0 Å². The van der Waals surface area contributed by atoms with Crippen LogP contribution < -0.4 is 15.2 Å². The second-order valence-corrected chi connectivity index (χ2v) is 4.98. The number of hydrogen-bond acceptors (Lipinski definition) is 5. The monoisotopic (exact) mass is 278 g/mol. The van der Waals surface area contributed by atoms with Crippen molar-refractivity contribution in [3.8, 4) is 22.6 Å². The predicted molar refractivity (Wildman–Crippen MR) is 69.8 cm³/mol. The summed E-state index contributed by atoms with van der Waals surface area (Å²) < 4.78 is 16.4. The minimum absolute atomic E-state index is 0.286. The van der Waals surface area contributed by atoms with Gasteiger partial charge in [0.25, 0.3) is 0 Å². The number of fused-ring (bicyclic) bond motifs is 2. The average Bonchev–Trinajstić information content (AvgIpc) is 3.10. The van der Waals surface area contributed by atoms with E-state index in [2.05, 4.69) is 5.16 Å². The highest BCUT2D eigenvalue weighted by atomic mass is 35.5. The summed E-state index contributed by atoms with van der Waals surface area (Å²) in [6, 6.07) is 0. The Hall–Kier alpha value is -1.88. The van der Waals surface area contributed by atoms with Crippen LogP contribution in [0.3, 0.4) is 0 Å². The van der Waals surface area contributed by atoms with Crippen LogP contribution in [0.5, 0.6) is 11.5 Å². The number of nitrogen functional groups attached to an aromatic ring is 1. The number of aromatic nitrogens is 1. The van der Waals surface area contributed by atoms with Crippen molar-refractivity contribution in [3.63, 3.8) is 0 Å². The van der Waals surface area contributed by atoms with E-state index >= 15 is 0 Å². The molecular formula is C13H11ClN2O3. The summed E-state index contributed by atoms with van der Waals surface area (Å²) in [5, 5.41) is 4.41. The lowest BCUT2D eigenvalue weighted by Crippen LogP contribution is -1.95. The summed E-state index contributed by atoms with van der Waals surface area (Å²) in [6.07, 6.45) is 3.17. The molecule has 0 bridgehead atoms. The molecule has 2 aliphatic heterocycles. The van der Waals surface area contributed by atoms with Gasteiger partial charge in [0.2, 0.25) is 5.88 Å². The smallest absolute Gasteiger partial charge is 0.230 e. The SMILES string of the molecule is Nc1oncc1-c1c2c(c(Cl)c3c1OCC3)OCC2. The molecule has 6 heteroatoms. The molecule has 0 saturated carbocycles. The maximum Gasteiger partial charge on any atom is 0.230 e. The van der Waals surface area contributed by atoms with Gasteiger partial charge in [-0.05, 0) is 0 Å². The molecule has 0 aliphatic carbocycles. The molecule has 0 fully saturated rings. The number of halogens is 1. The van der Waals surface area contributed by atoms with Crippen molar-refractivity contribution in [1.29, 1.82) is 0 Å². The number of ether oxygens (including phenoxy) is 2. The van der Waals surface area contributed by atoms with E-state index in [9.17, 15) is 0 Å². The summed E-state index contributed by atoms with van der Waals surface area (Å²) in [5.74, 6) is 1.83. The van der Waals surface area contributed by atoms with Gasteiger partial charge in [-0.3, -0.25) is 0 Å². The van der Waals surface area contributed by atoms with Crippen molar-refractivity contribution in [2.24, 2.45) is 0 Å². The molecule has 0 atom stereocenters. The third-order valence-electron chi connectivity index (χ3n) is 3.61. The van der Waals surface area contributed by atoms with Gasteiger partial charge in [-0.1, -0.05) is 16.8 Å². The maximum atomic E-state index is 6.40. The largest absolute Gasteiger partial charge is 0.492 e. The molecule has 0 saturated heterocycles. The van der Waals surface area contributed by atoms with Gasteiger partial charge in [0.05, 0.1) is 30.0 Å². The van der Waals surface area contributed by atoms with Crippen LogP contribution in [0, 0.1) is 0 Å². The number of nitrogens with two attached hydrogens (primary N) is 1. The highest BCUT2D eigenvalue weighted by molar-refractivity contribution is 6.33. The first kappa shape index (κ1) is 11.0. The van der Waals surface area contributed by atoms with E-state index in [1.807, 2.05) is 0 Å². The van der Waals surface area contributed by atoms with Crippen molar-refractivity contribution in [2.75, 3.05) is 18.9 Å². The molecule has 0 spiro atoms. The molecule has 19 heavy (non-hydrogen) atoms. The van der Waals surface area contributed by atoms with E-state index < -0.39 is 0 Å². The first-order valence-corrected chi connectivity index (χ1v) is 6.48. The fourth-order valence-corrected chi connectivity index (χ4v) is 3.12. The van der Waals surface area contributed by atoms with Crippen molar-refractivity contribution in [1.82, 2.24) is 5.16 Å². The van der Waals surface area contributed by atoms with Crippen molar-refractivity contribution < 1.29 is 14.0 Å². The van der Waals surface area contributed by atoms with Crippen molar-refractivity contribution in [3.05, 3.63) is 22.3 Å². The Balaban J connectivity index is 2.08. The molecule has 0 unspecified atom stereocenters. The van der Waals surface area contributed by atoms with E-state index in [-0.39, 0.29) is 5.88 Å². The third-order valence-corrected chi connectivity index (χ3v) is 4.01. The van der Waals surface area contributed by atoms with Gasteiger partial charge in [0.15, 0.2) is 0 Å². The second-order valence-electron chi connectivity index (χ2n) is 4.60. The molecule has 98 valence electrons. The molecule has 1 aromatic heterocycles. The first-order chi connectivity index (χ1) is 9.27. The van der Waals surface area contributed by atoms with Gasteiger partial charge >= 0.3 is 0 Å². The van der Waals surface area contributed by atoms with Crippen LogP contribution in [0.25, 0.3) is 11.1 Å². The minimum Gasteiger partial charge on any atom is -0.492 e. The van der Waals surface area contributed by atoms with Crippen LogP contribution >= 0.6 is 11.6 Å². The van der Waals surface area contributed by atoms with Gasteiger partial charge in [-0.2, -0.15) is 0 Å². The molecule has 3 heterocycles. The number of nitrogens with zero attached hydrogens (tertiary/aromatic N) is 1. The first-order valence-electron chi connectivity index (χ1n) is 6.10. The summed E-state index contributed by atoms with van der Waals surface area (Å²) in [7, 11) is 0. The lowest BCUT2D eigenvalue weighted by atomic mass is 9.95. The van der Waals surface area contributed by atoms with Crippen LogP contribution in [-0.2, 0) is 12.8 Å². The normalized spacial score (nSPS) is 15.8. The highest BCUT2D eigenvalue weighted by Gasteiger charge is 2.32. The van der Waals surface area contributed by atoms with Crippen molar-refractivity contribution >= 4 is 17.5 Å². The van der Waals surface area contributed by atoms with Gasteiger partial charge in [0.1, 0.15) is 11.5 Å². The van der Waals surface area contributed by atoms with Crippen LogP contribution in [-0.4, -0.2) is 18.4 Å². The molecule has 1 aromatic carbocycles. The topological polar surface area (TPSA) is 70.5 Å². The Morgan fingerprint density at radius 3 is 2.58 bits per heavy atom. The Morgan fingerprint density at radius 1 is 1.11 bits per heavy atom. The minimum atomic E-state index is 0.286. The summed E-state index contributed by atoms with van der Waals surface area (Å²) >= 11 is 6.40. The zero-order valence-electron chi connectivity index (χ0n) is 10.0. The highest BCUT2D eigenvalue weighted by Crippen LogP contribution is 2.51. The van der Waals surface area contributed by atoms with E-state index in [1.54, 1.807) is 6.20 Å². The summed E-state index contributed by atoms with van der Waals surface area (Å²) in [5.41, 5.74) is 9.52. The number of hydrogen-bond donors (Lipinski definition) is 1. The zero-order chi connectivity index (χ0) is 13.0. The Labute approximate surface area is 114 Å². The Morgan fingerprint density at radius 2 is 1.84 bits per heavy atom. The molecule has 0 amide bonds. The molecule has 4 rings (SSSR count). The molecule has 2 N–H and O–H groups in total. The standard InChI is InChI=1S/C13H11ClN2O3/c14-10-7-2-4-17-11(7)9(6-1-3-18-12(6)10)8-5-16-19-13(8)15/h5H,1-4,15H2. The van der Waals surface area contributed by atoms with E-state index in [1.165, 1.54) is 0 Å². The lowest BCUT2D eigenvalue weighted by Gasteiger charge is -2.13. The second kappa shape index (κ2) is 3.81. The summed E-state index contributed by atoms with van der Waals surface area (Å²) in [4.78, 5) is 0. The Bertz CT molecular complexity index is 646. The van der Waals surface area contributed by atoms with Crippen LogP contribution in [0.15, 0.2) is 10.7 Å². The maximum absolute atomic E-state index is 6.40. The molecule has 5 nitrogen and oxygen atoms in total. The summed E-state index contributed by atoms with van der Waals surface area (Å²) in [6.45, 7) is 1.24. The lowest BCUT2D eigenvalue weighted by molar-refractivity contribution is 0.356. The van der Waals surface area contributed by atoms with Crippen LogP contribution in [0.2, 0.25) is 5.02 Å².